The van der Waals surface area contributed by atoms with Crippen LogP contribution in [0.1, 0.15) is 17.5 Å². The van der Waals surface area contributed by atoms with E-state index in [1.54, 1.807) is 0 Å². The molecule has 0 radical (unpaired) electrons. The fourth-order valence-electron chi connectivity index (χ4n) is 5.51. The molecule has 1 aromatic carbocycles. The van der Waals surface area contributed by atoms with Crippen molar-refractivity contribution < 1.29 is 44.7 Å². The van der Waals surface area contributed by atoms with Gasteiger partial charge in [0, 0.05) is 11.5 Å². The maximum atomic E-state index is 13.7. The van der Waals surface area contributed by atoms with Gasteiger partial charge in [-0.2, -0.15) is 0 Å². The van der Waals surface area contributed by atoms with Gasteiger partial charge in [-0.15, -0.1) is 0 Å². The zero-order chi connectivity index (χ0) is 26.0. The monoisotopic (exact) mass is 487 g/mol. The van der Waals surface area contributed by atoms with Crippen molar-refractivity contribution in [3.8, 4) is 5.75 Å². The molecule has 2 amide bonds. The molecule has 3 aliphatic rings. The molecule has 186 valence electrons. The van der Waals surface area contributed by atoms with E-state index < -0.39 is 76.3 Å². The highest BCUT2D eigenvalue weighted by molar-refractivity contribution is 6.24. The number of nitrogens with one attached hydrogen (secondary N) is 1. The fraction of sp³-hybridized carbons (Fsp3) is 0.391. The van der Waals surface area contributed by atoms with Crippen LogP contribution < -0.4 is 11.1 Å². The number of fused-ring (bicyclic) bond motifs is 3. The summed E-state index contributed by atoms with van der Waals surface area (Å²) in [5, 5.41) is 55.3. The molecule has 12 nitrogen and oxygen atoms in total. The Hall–Kier alpha value is -3.74. The van der Waals surface area contributed by atoms with Crippen LogP contribution in [-0.2, 0) is 25.6 Å². The molecule has 8 N–H and O–H groups in total. The lowest BCUT2D eigenvalue weighted by Crippen LogP contribution is -2.65. The van der Waals surface area contributed by atoms with Gasteiger partial charge in [0.05, 0.1) is 17.3 Å². The number of carbonyl (C=O) groups is 4. The lowest BCUT2D eigenvalue weighted by atomic mass is 9.57. The third-order valence-electron chi connectivity index (χ3n) is 7.01. The Morgan fingerprint density at radius 3 is 2.43 bits per heavy atom. The molecule has 4 rings (SSSR count). The van der Waals surface area contributed by atoms with Crippen molar-refractivity contribution in [3.63, 3.8) is 0 Å². The standard InChI is InChI=1S/C23H25N3O9/c1-26(2)16-10-6-9-5-8-3-4-11(25-12(28)7-27)17(29)13(8)18(30)14(9)20(32)23(10,35)21(33)15(19(16)31)22(24)34/h3-4,9-10,16,27,29-30,33,35H,5-7H2,1-2H3,(H2,24,34)(H,25,28). The van der Waals surface area contributed by atoms with Crippen molar-refractivity contribution in [2.45, 2.75) is 24.5 Å². The van der Waals surface area contributed by atoms with Crippen LogP contribution in [0, 0.1) is 11.8 Å². The smallest absolute Gasteiger partial charge is 0.255 e. The van der Waals surface area contributed by atoms with Crippen LogP contribution in [0.3, 0.4) is 0 Å². The first-order valence-corrected chi connectivity index (χ1v) is 10.8. The molecule has 1 fully saturated rings. The Morgan fingerprint density at radius 2 is 1.86 bits per heavy atom. The van der Waals surface area contributed by atoms with Gasteiger partial charge >= 0.3 is 0 Å². The third-order valence-corrected chi connectivity index (χ3v) is 7.01. The number of carbonyl (C=O) groups excluding carboxylic acids is 4. The number of phenolic OH excluding ortho intramolecular Hbond substituents is 1. The summed E-state index contributed by atoms with van der Waals surface area (Å²) in [6.45, 7) is -0.849. The minimum absolute atomic E-state index is 0.0183. The zero-order valence-corrected chi connectivity index (χ0v) is 18.9. The van der Waals surface area contributed by atoms with Crippen LogP contribution in [0.5, 0.6) is 5.75 Å². The van der Waals surface area contributed by atoms with Gasteiger partial charge in [-0.05, 0) is 44.5 Å². The number of rotatable bonds is 4. The number of primary amides is 1. The number of amides is 2. The minimum Gasteiger partial charge on any atom is -0.508 e. The Labute approximate surface area is 199 Å². The van der Waals surface area contributed by atoms with Crippen molar-refractivity contribution in [1.29, 1.82) is 0 Å². The summed E-state index contributed by atoms with van der Waals surface area (Å²) < 4.78 is 0. The van der Waals surface area contributed by atoms with Gasteiger partial charge < -0.3 is 36.6 Å². The summed E-state index contributed by atoms with van der Waals surface area (Å²) in [6, 6.07) is 1.75. The van der Waals surface area contributed by atoms with Gasteiger partial charge in [0.15, 0.2) is 11.4 Å². The highest BCUT2D eigenvalue weighted by Gasteiger charge is 2.64. The molecule has 0 spiro atoms. The molecule has 1 saturated carbocycles. The largest absolute Gasteiger partial charge is 0.508 e. The predicted molar refractivity (Wildman–Crippen MR) is 120 cm³/mol. The van der Waals surface area contributed by atoms with Crippen LogP contribution >= 0.6 is 0 Å². The first-order valence-electron chi connectivity index (χ1n) is 10.8. The van der Waals surface area contributed by atoms with Gasteiger partial charge in [-0.1, -0.05) is 6.07 Å². The van der Waals surface area contributed by atoms with Crippen molar-refractivity contribution >= 4 is 34.8 Å². The molecule has 0 aromatic heterocycles. The SMILES string of the molecule is CN(C)C1C(=O)C(C(N)=O)=C(O)C2(O)C(=O)C3=C(O)c4c(ccc(NC(=O)CO)c4O)CC3CC12. The summed E-state index contributed by atoms with van der Waals surface area (Å²) >= 11 is 0. The van der Waals surface area contributed by atoms with Gasteiger partial charge in [-0.25, -0.2) is 0 Å². The lowest BCUT2D eigenvalue weighted by Gasteiger charge is -2.50. The van der Waals surface area contributed by atoms with E-state index in [0.29, 0.717) is 5.56 Å². The average molecular weight is 487 g/mol. The van der Waals surface area contributed by atoms with Gasteiger partial charge in [0.2, 0.25) is 11.7 Å². The number of benzene rings is 1. The number of aromatic hydroxyl groups is 1. The summed E-state index contributed by atoms with van der Waals surface area (Å²) in [5.74, 6) is -8.30. The van der Waals surface area contributed by atoms with Crippen molar-refractivity contribution in [1.82, 2.24) is 4.90 Å². The van der Waals surface area contributed by atoms with E-state index in [4.69, 9.17) is 10.8 Å². The number of ketones is 2. The average Bonchev–Trinajstić information content (AvgIpc) is 2.77. The maximum Gasteiger partial charge on any atom is 0.255 e. The number of anilines is 1. The quantitative estimate of drug-likeness (QED) is 0.201. The van der Waals surface area contributed by atoms with Gasteiger partial charge in [0.25, 0.3) is 5.91 Å². The van der Waals surface area contributed by atoms with Crippen LogP contribution in [0.25, 0.3) is 5.76 Å². The summed E-state index contributed by atoms with van der Waals surface area (Å²) in [5.41, 5.74) is 1.55. The number of hydrogen-bond acceptors (Lipinski definition) is 10. The second-order valence-corrected chi connectivity index (χ2v) is 9.16. The second kappa shape index (κ2) is 8.18. The van der Waals surface area contributed by atoms with E-state index in [-0.39, 0.29) is 29.7 Å². The van der Waals surface area contributed by atoms with E-state index in [2.05, 4.69) is 5.32 Å². The molecule has 35 heavy (non-hydrogen) atoms. The van der Waals surface area contributed by atoms with E-state index in [1.165, 1.54) is 31.1 Å². The van der Waals surface area contributed by atoms with Crippen molar-refractivity contribution in [2.75, 3.05) is 26.0 Å². The van der Waals surface area contributed by atoms with E-state index >= 15 is 0 Å². The highest BCUT2D eigenvalue weighted by Crippen LogP contribution is 2.53. The molecule has 0 saturated heterocycles. The molecule has 4 unspecified atom stereocenters. The second-order valence-electron chi connectivity index (χ2n) is 9.16. The van der Waals surface area contributed by atoms with Gasteiger partial charge in [0.1, 0.15) is 29.4 Å². The van der Waals surface area contributed by atoms with Crippen LogP contribution in [0.4, 0.5) is 5.69 Å². The minimum atomic E-state index is -2.72. The summed E-state index contributed by atoms with van der Waals surface area (Å²) in [4.78, 5) is 51.6. The lowest BCUT2D eigenvalue weighted by molar-refractivity contribution is -0.153. The number of nitrogens with zero attached hydrogens (tertiary/aromatic N) is 1. The number of hydrogen-bond donors (Lipinski definition) is 7. The summed E-state index contributed by atoms with van der Waals surface area (Å²) in [6.07, 6.45) is 0.117. The first kappa shape index (κ1) is 24.4. The normalized spacial score (nSPS) is 28.0. The Bertz CT molecular complexity index is 1250. The Balaban J connectivity index is 1.92. The highest BCUT2D eigenvalue weighted by atomic mass is 16.3. The Morgan fingerprint density at radius 1 is 1.20 bits per heavy atom. The van der Waals surface area contributed by atoms with Crippen molar-refractivity contribution in [2.24, 2.45) is 17.6 Å². The number of nitrogens with two attached hydrogens (primary N) is 1. The predicted octanol–water partition coefficient (Wildman–Crippen LogP) is -1.11. The van der Waals surface area contributed by atoms with Gasteiger partial charge in [-0.3, -0.25) is 24.1 Å². The van der Waals surface area contributed by atoms with Crippen LogP contribution in [0.15, 0.2) is 29.0 Å². The Kier molecular flexibility index (Phi) is 5.70. The fourth-order valence-corrected chi connectivity index (χ4v) is 5.51. The maximum absolute atomic E-state index is 13.7. The number of phenols is 1. The molecule has 0 bridgehead atoms. The first-order chi connectivity index (χ1) is 16.4. The summed E-state index contributed by atoms with van der Waals surface area (Å²) in [7, 11) is 3.04. The molecule has 3 aliphatic carbocycles. The number of Topliss-reactive ketones (excluding diaryl/α,β-unsaturated/α-hetero) is 2. The van der Waals surface area contributed by atoms with E-state index in [1.807, 2.05) is 0 Å². The molecule has 4 atom stereocenters. The van der Waals surface area contributed by atoms with Crippen LogP contribution in [-0.4, -0.2) is 86.2 Å². The molecule has 12 heteroatoms. The molecule has 1 aromatic rings. The molecule has 0 aliphatic heterocycles. The topological polar surface area (TPSA) is 211 Å². The molecular formula is C23H25N3O9. The van der Waals surface area contributed by atoms with Crippen molar-refractivity contribution in [3.05, 3.63) is 40.2 Å². The molecule has 0 heterocycles. The number of aliphatic hydroxyl groups excluding tert-OH is 3. The van der Waals surface area contributed by atoms with E-state index in [0.717, 1.165) is 0 Å². The molecular weight excluding hydrogens is 462 g/mol. The van der Waals surface area contributed by atoms with E-state index in [9.17, 15) is 39.6 Å². The van der Waals surface area contributed by atoms with Crippen LogP contribution in [0.2, 0.25) is 0 Å². The third kappa shape index (κ3) is 3.32. The zero-order valence-electron chi connectivity index (χ0n) is 18.9. The number of likely N-dealkylation sites (N-methyl/N-ethyl adjacent to an activating group) is 1. The number of aliphatic hydroxyl groups is 4.